The molecule has 11 heteroatoms. The van der Waals surface area contributed by atoms with Gasteiger partial charge in [0, 0.05) is 29.8 Å². The number of hydrogen-bond donors (Lipinski definition) is 4. The number of carbonyl (C=O) groups is 2. The van der Waals surface area contributed by atoms with Crippen LogP contribution in [0.2, 0.25) is 0 Å². The standard InChI is InChI=1S/C27H23N5O5.ClH/c1-36-24-16(7-4-8-18(24)26(34)30-12-11-28)19-14-21(17-6-2-3-9-22(17)33)31-25(20(19)15-29)32-27(35)23-10-5-13-37-23;/h2-10,13-14,33H,11-12,28H2,1H3,(H,30,34)(H,31,32,35);1H. The van der Waals surface area contributed by atoms with Gasteiger partial charge in [0.05, 0.1) is 24.6 Å². The molecule has 5 N–H and O–H groups in total. The molecule has 38 heavy (non-hydrogen) atoms. The molecule has 4 aromatic rings. The first-order chi connectivity index (χ1) is 18.0. The molecule has 0 saturated heterocycles. The first kappa shape index (κ1) is 27.7. The smallest absolute Gasteiger partial charge is 0.292 e. The number of rotatable bonds is 8. The number of furan rings is 1. The van der Waals surface area contributed by atoms with Gasteiger partial charge < -0.3 is 30.6 Å². The minimum absolute atomic E-state index is 0. The zero-order valence-corrected chi connectivity index (χ0v) is 21.0. The lowest BCUT2D eigenvalue weighted by Gasteiger charge is -2.17. The molecule has 0 aliphatic carbocycles. The van der Waals surface area contributed by atoms with E-state index in [0.29, 0.717) is 16.7 Å². The third-order valence-electron chi connectivity index (χ3n) is 5.47. The van der Waals surface area contributed by atoms with Crippen molar-refractivity contribution in [2.75, 3.05) is 25.5 Å². The number of phenols is 1. The van der Waals surface area contributed by atoms with Gasteiger partial charge in [0.15, 0.2) is 11.6 Å². The summed E-state index contributed by atoms with van der Waals surface area (Å²) in [6.07, 6.45) is 1.35. The van der Waals surface area contributed by atoms with E-state index < -0.39 is 11.8 Å². The van der Waals surface area contributed by atoms with Crippen molar-refractivity contribution < 1.29 is 23.8 Å². The number of nitrogens with two attached hydrogens (primary N) is 1. The Labute approximate surface area is 224 Å². The predicted molar refractivity (Wildman–Crippen MR) is 143 cm³/mol. The average Bonchev–Trinajstić information content (AvgIpc) is 3.46. The van der Waals surface area contributed by atoms with Gasteiger partial charge in [0.2, 0.25) is 0 Å². The summed E-state index contributed by atoms with van der Waals surface area (Å²) >= 11 is 0. The monoisotopic (exact) mass is 533 g/mol. The second kappa shape index (κ2) is 12.4. The van der Waals surface area contributed by atoms with E-state index in [0.717, 1.165) is 0 Å². The molecule has 2 amide bonds. The second-order valence-corrected chi connectivity index (χ2v) is 7.77. The number of aromatic nitrogens is 1. The van der Waals surface area contributed by atoms with E-state index >= 15 is 0 Å². The molecular weight excluding hydrogens is 510 g/mol. The maximum atomic E-state index is 12.8. The third-order valence-corrected chi connectivity index (χ3v) is 5.47. The number of carbonyl (C=O) groups excluding carboxylic acids is 2. The molecule has 2 aromatic carbocycles. The number of nitriles is 1. The van der Waals surface area contributed by atoms with Crippen LogP contribution in [0.15, 0.2) is 71.3 Å². The predicted octanol–water partition coefficient (Wildman–Crippen LogP) is 3.96. The summed E-state index contributed by atoms with van der Waals surface area (Å²) in [5.74, 6) is -0.876. The lowest BCUT2D eigenvalue weighted by Crippen LogP contribution is -2.29. The molecule has 0 aliphatic rings. The highest BCUT2D eigenvalue weighted by molar-refractivity contribution is 6.04. The fraction of sp³-hybridized carbons (Fsp3) is 0.111. The minimum atomic E-state index is -0.615. The van der Waals surface area contributed by atoms with Crippen LogP contribution in [0.1, 0.15) is 26.5 Å². The Morgan fingerprint density at radius 2 is 1.84 bits per heavy atom. The van der Waals surface area contributed by atoms with E-state index in [2.05, 4.69) is 21.7 Å². The van der Waals surface area contributed by atoms with E-state index in [4.69, 9.17) is 14.9 Å². The number of anilines is 1. The van der Waals surface area contributed by atoms with Crippen LogP contribution >= 0.6 is 12.4 Å². The van der Waals surface area contributed by atoms with Crippen LogP contribution in [0.3, 0.4) is 0 Å². The molecule has 194 valence electrons. The summed E-state index contributed by atoms with van der Waals surface area (Å²) < 4.78 is 10.8. The van der Waals surface area contributed by atoms with Gasteiger partial charge >= 0.3 is 0 Å². The fourth-order valence-electron chi connectivity index (χ4n) is 3.79. The van der Waals surface area contributed by atoms with Crippen molar-refractivity contribution in [3.05, 3.63) is 83.8 Å². The molecule has 0 atom stereocenters. The number of aromatic hydroxyl groups is 1. The van der Waals surface area contributed by atoms with Crippen molar-refractivity contribution >= 4 is 30.0 Å². The molecule has 0 fully saturated rings. The number of hydrogen-bond acceptors (Lipinski definition) is 8. The Kier molecular flexibility index (Phi) is 9.05. The van der Waals surface area contributed by atoms with Crippen LogP contribution in [0.5, 0.6) is 11.5 Å². The number of phenolic OH excluding ortho intramolecular Hbond substituents is 1. The van der Waals surface area contributed by atoms with E-state index in [9.17, 15) is 20.0 Å². The van der Waals surface area contributed by atoms with E-state index in [1.807, 2.05) is 0 Å². The van der Waals surface area contributed by atoms with Crippen LogP contribution in [-0.2, 0) is 0 Å². The molecule has 0 saturated carbocycles. The van der Waals surface area contributed by atoms with Crippen molar-refractivity contribution in [3.8, 4) is 40.0 Å². The molecular formula is C27H24ClN5O5. The lowest BCUT2D eigenvalue weighted by atomic mass is 9.95. The number of nitrogens with zero attached hydrogens (tertiary/aromatic N) is 2. The summed E-state index contributed by atoms with van der Waals surface area (Å²) in [4.78, 5) is 30.0. The molecule has 2 aromatic heterocycles. The minimum Gasteiger partial charge on any atom is -0.507 e. The molecule has 0 spiro atoms. The van der Waals surface area contributed by atoms with Gasteiger partial charge in [-0.15, -0.1) is 12.4 Å². The highest BCUT2D eigenvalue weighted by Crippen LogP contribution is 2.40. The zero-order valence-electron chi connectivity index (χ0n) is 20.2. The van der Waals surface area contributed by atoms with Crippen molar-refractivity contribution in [3.63, 3.8) is 0 Å². The number of methoxy groups -OCH3 is 1. The summed E-state index contributed by atoms with van der Waals surface area (Å²) in [5.41, 5.74) is 7.16. The quantitative estimate of drug-likeness (QED) is 0.264. The fourth-order valence-corrected chi connectivity index (χ4v) is 3.79. The van der Waals surface area contributed by atoms with Gasteiger partial charge in [-0.25, -0.2) is 4.98 Å². The first-order valence-electron chi connectivity index (χ1n) is 11.2. The van der Waals surface area contributed by atoms with Crippen molar-refractivity contribution in [2.24, 2.45) is 5.73 Å². The molecule has 10 nitrogen and oxygen atoms in total. The van der Waals surface area contributed by atoms with Crippen LogP contribution in [0, 0.1) is 11.3 Å². The third kappa shape index (κ3) is 5.59. The van der Waals surface area contributed by atoms with Crippen LogP contribution in [0.25, 0.3) is 22.4 Å². The van der Waals surface area contributed by atoms with Gasteiger partial charge in [0.1, 0.15) is 23.1 Å². The molecule has 2 heterocycles. The Bertz CT molecular complexity index is 1500. The topological polar surface area (TPSA) is 163 Å². The molecule has 0 radical (unpaired) electrons. The summed E-state index contributed by atoms with van der Waals surface area (Å²) in [7, 11) is 1.41. The molecule has 0 unspecified atom stereocenters. The van der Waals surface area contributed by atoms with E-state index in [1.165, 1.54) is 25.5 Å². The Hall–Kier alpha value is -4.85. The average molecular weight is 534 g/mol. The first-order valence-corrected chi connectivity index (χ1v) is 11.2. The molecule has 0 bridgehead atoms. The normalized spacial score (nSPS) is 10.1. The maximum absolute atomic E-state index is 12.8. The van der Waals surface area contributed by atoms with E-state index in [-0.39, 0.29) is 65.4 Å². The molecule has 4 rings (SSSR count). The number of nitrogens with one attached hydrogen (secondary N) is 2. The number of halogens is 1. The Morgan fingerprint density at radius 1 is 1.08 bits per heavy atom. The summed E-state index contributed by atoms with van der Waals surface area (Å²) in [6.45, 7) is 0.532. The maximum Gasteiger partial charge on any atom is 0.292 e. The zero-order chi connectivity index (χ0) is 26.4. The van der Waals surface area contributed by atoms with Gasteiger partial charge in [-0.05, 0) is 36.4 Å². The van der Waals surface area contributed by atoms with Crippen LogP contribution in [0.4, 0.5) is 5.82 Å². The van der Waals surface area contributed by atoms with Gasteiger partial charge in [-0.3, -0.25) is 9.59 Å². The Balaban J connectivity index is 0.00000400. The summed E-state index contributed by atoms with van der Waals surface area (Å²) in [5, 5.41) is 25.9. The van der Waals surface area contributed by atoms with Gasteiger partial charge in [-0.1, -0.05) is 24.3 Å². The second-order valence-electron chi connectivity index (χ2n) is 7.77. The lowest BCUT2D eigenvalue weighted by molar-refractivity contribution is 0.0950. The highest BCUT2D eigenvalue weighted by atomic mass is 35.5. The molecule has 0 aliphatic heterocycles. The van der Waals surface area contributed by atoms with E-state index in [1.54, 1.807) is 48.5 Å². The van der Waals surface area contributed by atoms with Gasteiger partial charge in [-0.2, -0.15) is 5.26 Å². The van der Waals surface area contributed by atoms with Gasteiger partial charge in [0.25, 0.3) is 11.8 Å². The Morgan fingerprint density at radius 3 is 2.50 bits per heavy atom. The number of benzene rings is 2. The van der Waals surface area contributed by atoms with Crippen LogP contribution in [-0.4, -0.2) is 42.1 Å². The largest absolute Gasteiger partial charge is 0.507 e. The number of ether oxygens (including phenoxy) is 1. The SMILES string of the molecule is COc1c(C(=O)NCCN)cccc1-c1cc(-c2ccccc2O)nc(NC(=O)c2ccco2)c1C#N.Cl. The van der Waals surface area contributed by atoms with Crippen molar-refractivity contribution in [1.82, 2.24) is 10.3 Å². The number of para-hydroxylation sites is 2. The number of amides is 2. The van der Waals surface area contributed by atoms with Crippen molar-refractivity contribution in [2.45, 2.75) is 0 Å². The van der Waals surface area contributed by atoms with Crippen LogP contribution < -0.4 is 21.1 Å². The summed E-state index contributed by atoms with van der Waals surface area (Å²) in [6, 6.07) is 18.2. The van der Waals surface area contributed by atoms with Crippen molar-refractivity contribution in [1.29, 1.82) is 5.26 Å². The highest BCUT2D eigenvalue weighted by Gasteiger charge is 2.24. The number of pyridine rings is 1.